The number of H-pyrrole nitrogens is 1. The molecule has 0 unspecified atom stereocenters. The first kappa shape index (κ1) is 15.8. The van der Waals surface area contributed by atoms with E-state index in [1.807, 2.05) is 17.9 Å². The van der Waals surface area contributed by atoms with Gasteiger partial charge < -0.3 is 10.1 Å². The summed E-state index contributed by atoms with van der Waals surface area (Å²) in [6.45, 7) is 2.84. The molecular weight excluding hydrogens is 297 g/mol. The summed E-state index contributed by atoms with van der Waals surface area (Å²) in [6, 6.07) is 7.84. The summed E-state index contributed by atoms with van der Waals surface area (Å²) in [6.07, 6.45) is 0.762. The minimum atomic E-state index is -0.468. The van der Waals surface area contributed by atoms with Gasteiger partial charge in [0.05, 0.1) is 12.6 Å². The molecule has 2 N–H and O–H groups in total. The van der Waals surface area contributed by atoms with Crippen LogP contribution in [0.1, 0.15) is 36.5 Å². The Labute approximate surface area is 133 Å². The number of aromatic nitrogens is 2. The van der Waals surface area contributed by atoms with Gasteiger partial charge in [0.25, 0.3) is 5.56 Å². The van der Waals surface area contributed by atoms with E-state index >= 15 is 0 Å². The minimum absolute atomic E-state index is 0.0868. The molecular formula is C17H20FN3O2. The molecule has 122 valence electrons. The molecule has 3 rings (SSSR count). The Kier molecular flexibility index (Phi) is 4.54. The maximum absolute atomic E-state index is 13.5. The van der Waals surface area contributed by atoms with Crippen LogP contribution in [-0.2, 0) is 13.0 Å². The quantitative estimate of drug-likeness (QED) is 0.902. The highest BCUT2D eigenvalue weighted by Crippen LogP contribution is 2.33. The predicted octanol–water partition coefficient (Wildman–Crippen LogP) is 1.78. The highest BCUT2D eigenvalue weighted by molar-refractivity contribution is 5.22. The van der Waals surface area contributed by atoms with Gasteiger partial charge >= 0.3 is 0 Å². The highest BCUT2D eigenvalue weighted by atomic mass is 19.1. The fourth-order valence-corrected chi connectivity index (χ4v) is 3.13. The molecule has 23 heavy (non-hydrogen) atoms. The summed E-state index contributed by atoms with van der Waals surface area (Å²) in [7, 11) is 0. The Balaban J connectivity index is 1.85. The lowest BCUT2D eigenvalue weighted by Gasteiger charge is -2.24. The molecule has 2 heterocycles. The van der Waals surface area contributed by atoms with Crippen molar-refractivity contribution in [1.82, 2.24) is 14.9 Å². The van der Waals surface area contributed by atoms with Crippen molar-refractivity contribution in [3.63, 3.8) is 0 Å². The minimum Gasteiger partial charge on any atom is -0.392 e. The maximum Gasteiger partial charge on any atom is 0.251 e. The van der Waals surface area contributed by atoms with Crippen molar-refractivity contribution in [2.75, 3.05) is 6.54 Å². The number of hydrogen-bond donors (Lipinski definition) is 2. The second-order valence-electron chi connectivity index (χ2n) is 5.93. The van der Waals surface area contributed by atoms with Crippen LogP contribution in [0.3, 0.4) is 0 Å². The second-order valence-corrected chi connectivity index (χ2v) is 5.93. The molecule has 1 fully saturated rings. The Morgan fingerprint density at radius 1 is 1.43 bits per heavy atom. The number of aliphatic hydroxyl groups is 1. The second kappa shape index (κ2) is 6.60. The summed E-state index contributed by atoms with van der Waals surface area (Å²) in [5, 5.41) is 10.0. The zero-order chi connectivity index (χ0) is 16.4. The summed E-state index contributed by atoms with van der Waals surface area (Å²) >= 11 is 0. The average Bonchev–Trinajstić information content (AvgIpc) is 2.87. The number of nitrogens with one attached hydrogen (secondary N) is 1. The molecule has 1 aliphatic heterocycles. The van der Waals surface area contributed by atoms with Gasteiger partial charge in [0.15, 0.2) is 0 Å². The van der Waals surface area contributed by atoms with Gasteiger partial charge in [0.1, 0.15) is 11.6 Å². The molecule has 0 radical (unpaired) electrons. The number of rotatable bonds is 4. The van der Waals surface area contributed by atoms with Crippen LogP contribution >= 0.6 is 0 Å². The first-order valence-corrected chi connectivity index (χ1v) is 7.82. The number of aliphatic hydroxyl groups excluding tert-OH is 1. The third-order valence-corrected chi connectivity index (χ3v) is 4.17. The van der Waals surface area contributed by atoms with Gasteiger partial charge in [-0.3, -0.25) is 9.69 Å². The van der Waals surface area contributed by atoms with Gasteiger partial charge in [-0.2, -0.15) is 0 Å². The smallest absolute Gasteiger partial charge is 0.251 e. The molecule has 1 aromatic heterocycles. The number of aromatic amines is 1. The fourth-order valence-electron chi connectivity index (χ4n) is 3.13. The van der Waals surface area contributed by atoms with E-state index in [-0.39, 0.29) is 17.4 Å². The highest BCUT2D eigenvalue weighted by Gasteiger charge is 2.32. The number of β-amino-alcohol motifs (C(OH)–C–C–N with tert-alkyl or cyclic N) is 1. The molecule has 1 aromatic carbocycles. The first-order valence-electron chi connectivity index (χ1n) is 7.82. The normalized spacial score (nSPS) is 21.7. The largest absolute Gasteiger partial charge is 0.392 e. The maximum atomic E-state index is 13.5. The van der Waals surface area contributed by atoms with Gasteiger partial charge in [0, 0.05) is 24.3 Å². The molecule has 0 spiro atoms. The SMILES string of the molecule is CCc1cc(=O)[nH]c(CN2C[C@@H](O)C[C@@H]2c2cccc(F)c2)n1. The molecule has 2 aromatic rings. The van der Waals surface area contributed by atoms with Gasteiger partial charge in [0.2, 0.25) is 0 Å². The molecule has 0 aliphatic carbocycles. The third kappa shape index (κ3) is 3.65. The molecule has 1 aliphatic rings. The van der Waals surface area contributed by atoms with Crippen LogP contribution in [0.2, 0.25) is 0 Å². The third-order valence-electron chi connectivity index (χ3n) is 4.17. The summed E-state index contributed by atoms with van der Waals surface area (Å²) in [5.74, 6) is 0.285. The van der Waals surface area contributed by atoms with Crippen molar-refractivity contribution in [1.29, 1.82) is 0 Å². The molecule has 0 amide bonds. The van der Waals surface area contributed by atoms with Crippen molar-refractivity contribution >= 4 is 0 Å². The number of halogens is 1. The Morgan fingerprint density at radius 2 is 2.26 bits per heavy atom. The Bertz CT molecular complexity index is 747. The van der Waals surface area contributed by atoms with Crippen molar-refractivity contribution in [3.05, 3.63) is 63.6 Å². The van der Waals surface area contributed by atoms with Crippen LogP contribution < -0.4 is 5.56 Å². The van der Waals surface area contributed by atoms with Gasteiger partial charge in [-0.1, -0.05) is 19.1 Å². The first-order chi connectivity index (χ1) is 11.0. The lowest BCUT2D eigenvalue weighted by molar-refractivity contribution is 0.171. The van der Waals surface area contributed by atoms with E-state index in [0.717, 1.165) is 11.3 Å². The number of nitrogens with zero attached hydrogens (tertiary/aromatic N) is 2. The molecule has 5 nitrogen and oxygen atoms in total. The van der Waals surface area contributed by atoms with Crippen molar-refractivity contribution in [3.8, 4) is 0 Å². The van der Waals surface area contributed by atoms with Crippen LogP contribution in [0.5, 0.6) is 0 Å². The number of hydrogen-bond acceptors (Lipinski definition) is 4. The van der Waals surface area contributed by atoms with E-state index in [9.17, 15) is 14.3 Å². The zero-order valence-electron chi connectivity index (χ0n) is 13.0. The van der Waals surface area contributed by atoms with Crippen LogP contribution in [0.4, 0.5) is 4.39 Å². The van der Waals surface area contributed by atoms with E-state index < -0.39 is 6.10 Å². The average molecular weight is 317 g/mol. The molecule has 1 saturated heterocycles. The van der Waals surface area contributed by atoms with E-state index in [1.54, 1.807) is 6.07 Å². The van der Waals surface area contributed by atoms with Crippen LogP contribution in [-0.4, -0.2) is 32.6 Å². The summed E-state index contributed by atoms with van der Waals surface area (Å²) < 4.78 is 13.5. The van der Waals surface area contributed by atoms with Crippen LogP contribution in [0, 0.1) is 5.82 Å². The molecule has 0 saturated carbocycles. The van der Waals surface area contributed by atoms with E-state index in [4.69, 9.17) is 0 Å². The lowest BCUT2D eigenvalue weighted by Crippen LogP contribution is -2.27. The standard InChI is InChI=1S/C17H20FN3O2/c1-2-13-7-17(23)20-16(19-13)10-21-9-14(22)8-15(21)11-4-3-5-12(18)6-11/h3-7,14-15,22H,2,8-10H2,1H3,(H,19,20,23)/t14-,15+/m0/s1. The van der Waals surface area contributed by atoms with E-state index in [1.165, 1.54) is 18.2 Å². The predicted molar refractivity (Wildman–Crippen MR) is 84.4 cm³/mol. The molecule has 6 heteroatoms. The molecule has 0 bridgehead atoms. The lowest BCUT2D eigenvalue weighted by atomic mass is 10.0. The summed E-state index contributed by atoms with van der Waals surface area (Å²) in [4.78, 5) is 20.9. The van der Waals surface area contributed by atoms with E-state index in [2.05, 4.69) is 9.97 Å². The van der Waals surface area contributed by atoms with Crippen molar-refractivity contribution in [2.24, 2.45) is 0 Å². The van der Waals surface area contributed by atoms with Gasteiger partial charge in [-0.15, -0.1) is 0 Å². The van der Waals surface area contributed by atoms with Crippen LogP contribution in [0.15, 0.2) is 35.1 Å². The van der Waals surface area contributed by atoms with Gasteiger partial charge in [-0.05, 0) is 30.5 Å². The zero-order valence-corrected chi connectivity index (χ0v) is 13.0. The monoisotopic (exact) mass is 317 g/mol. The number of benzene rings is 1. The van der Waals surface area contributed by atoms with Gasteiger partial charge in [-0.25, -0.2) is 9.37 Å². The van der Waals surface area contributed by atoms with E-state index in [0.29, 0.717) is 31.8 Å². The Hall–Kier alpha value is -2.05. The Morgan fingerprint density at radius 3 is 3.00 bits per heavy atom. The molecule has 2 atom stereocenters. The fraction of sp³-hybridized carbons (Fsp3) is 0.412. The topological polar surface area (TPSA) is 69.2 Å². The van der Waals surface area contributed by atoms with Crippen LogP contribution in [0.25, 0.3) is 0 Å². The summed E-state index contributed by atoms with van der Waals surface area (Å²) in [5.41, 5.74) is 1.40. The van der Waals surface area contributed by atoms with Crippen molar-refractivity contribution < 1.29 is 9.50 Å². The number of likely N-dealkylation sites (tertiary alicyclic amines) is 1. The number of aryl methyl sites for hydroxylation is 1. The van der Waals surface area contributed by atoms with Crippen molar-refractivity contribution in [2.45, 2.75) is 38.5 Å².